The fourth-order valence-corrected chi connectivity index (χ4v) is 7.72. The van der Waals surface area contributed by atoms with Crippen LogP contribution in [0.5, 0.6) is 11.6 Å². The van der Waals surface area contributed by atoms with Gasteiger partial charge in [0.1, 0.15) is 29.8 Å². The maximum atomic E-state index is 16.5. The predicted molar refractivity (Wildman–Crippen MR) is 165 cm³/mol. The third-order valence-electron chi connectivity index (χ3n) is 10.8. The van der Waals surface area contributed by atoms with Crippen LogP contribution in [0.1, 0.15) is 78.8 Å². The lowest BCUT2D eigenvalue weighted by molar-refractivity contribution is -0.139. The van der Waals surface area contributed by atoms with Crippen LogP contribution in [0.15, 0.2) is 18.2 Å². The molecule has 10 nitrogen and oxygen atoms in total. The lowest BCUT2D eigenvalue weighted by Crippen LogP contribution is -2.57. The third-order valence-corrected chi connectivity index (χ3v) is 10.8. The van der Waals surface area contributed by atoms with Crippen LogP contribution in [0.2, 0.25) is 0 Å². The first-order valence-electron chi connectivity index (χ1n) is 16.3. The molecule has 46 heavy (non-hydrogen) atoms. The van der Waals surface area contributed by atoms with Gasteiger partial charge in [0.2, 0.25) is 11.8 Å². The first kappa shape index (κ1) is 32.4. The molecule has 1 aromatic carbocycles. The molecule has 2 bridgehead atoms. The molecule has 0 spiro atoms. The largest absolute Gasteiger partial charge is 0.497 e. The highest BCUT2D eigenvalue weighted by Crippen LogP contribution is 2.58. The number of aromatic nitrogens is 2. The Morgan fingerprint density at radius 3 is 2.59 bits per heavy atom. The number of carbonyl (C=O) groups is 3. The molecule has 2 unspecified atom stereocenters. The lowest BCUT2D eigenvalue weighted by atomic mass is 9.85. The van der Waals surface area contributed by atoms with Crippen LogP contribution in [0.25, 0.3) is 11.0 Å². The number of halogens is 2. The number of hydrogen-bond acceptors (Lipinski definition) is 8. The number of fused-ring (bicyclic) bond motifs is 6. The van der Waals surface area contributed by atoms with Crippen molar-refractivity contribution < 1.29 is 37.4 Å². The van der Waals surface area contributed by atoms with Crippen molar-refractivity contribution in [2.24, 2.45) is 29.1 Å². The second kappa shape index (κ2) is 11.6. The molecule has 2 saturated carbocycles. The Hall–Kier alpha value is -3.57. The average molecular weight is 643 g/mol. The van der Waals surface area contributed by atoms with Gasteiger partial charge in [0, 0.05) is 17.9 Å². The molecule has 1 aromatic heterocycles. The third kappa shape index (κ3) is 5.76. The summed E-state index contributed by atoms with van der Waals surface area (Å²) in [7, 11) is 1.50. The fraction of sp³-hybridized carbons (Fsp3) is 0.676. The van der Waals surface area contributed by atoms with Crippen LogP contribution in [-0.2, 0) is 20.2 Å². The van der Waals surface area contributed by atoms with Crippen LogP contribution in [0.3, 0.4) is 0 Å². The van der Waals surface area contributed by atoms with Gasteiger partial charge in [-0.1, -0.05) is 27.7 Å². The number of rotatable bonds is 2. The first-order chi connectivity index (χ1) is 21.7. The van der Waals surface area contributed by atoms with E-state index in [1.165, 1.54) is 12.0 Å². The molecule has 0 radical (unpaired) electrons. The number of amides is 2. The Labute approximate surface area is 267 Å². The number of alkyl halides is 2. The zero-order chi connectivity index (χ0) is 33.2. The van der Waals surface area contributed by atoms with Gasteiger partial charge in [-0.15, -0.1) is 0 Å². The Balaban J connectivity index is 1.43. The SMILES string of the molecule is COc1ccc2nc3c(nc2c1)O[C@H]1CN(C(=O)[C@H](C(C)(C)C)NC(=O)O[C@]2(C)CCC[C@H]2CCC2CC2C3(F)F)[C@H](C=O)[C@@H]1C. The van der Waals surface area contributed by atoms with Crippen LogP contribution in [0, 0.1) is 29.1 Å². The van der Waals surface area contributed by atoms with E-state index >= 15 is 8.78 Å². The van der Waals surface area contributed by atoms with E-state index in [9.17, 15) is 14.4 Å². The highest BCUT2D eigenvalue weighted by atomic mass is 19.3. The van der Waals surface area contributed by atoms with Gasteiger partial charge >= 0.3 is 6.09 Å². The summed E-state index contributed by atoms with van der Waals surface area (Å²) in [5.41, 5.74) is -1.44. The molecule has 2 aliphatic heterocycles. The maximum absolute atomic E-state index is 16.5. The van der Waals surface area contributed by atoms with Crippen molar-refractivity contribution in [1.29, 1.82) is 0 Å². The molecule has 1 saturated heterocycles. The molecule has 12 heteroatoms. The Morgan fingerprint density at radius 2 is 1.89 bits per heavy atom. The monoisotopic (exact) mass is 642 g/mol. The number of aldehydes is 1. The molecule has 250 valence electrons. The second-order valence-corrected chi connectivity index (χ2v) is 14.9. The summed E-state index contributed by atoms with van der Waals surface area (Å²) in [6, 6.07) is 2.91. The maximum Gasteiger partial charge on any atom is 0.408 e. The van der Waals surface area contributed by atoms with Gasteiger partial charge in [-0.05, 0) is 74.8 Å². The lowest BCUT2D eigenvalue weighted by Gasteiger charge is -2.37. The fourth-order valence-electron chi connectivity index (χ4n) is 7.72. The summed E-state index contributed by atoms with van der Waals surface area (Å²) >= 11 is 0. The molecule has 3 heterocycles. The smallest absolute Gasteiger partial charge is 0.408 e. The van der Waals surface area contributed by atoms with Gasteiger partial charge in [-0.2, -0.15) is 8.78 Å². The van der Waals surface area contributed by atoms with Gasteiger partial charge < -0.3 is 29.2 Å². The minimum Gasteiger partial charge on any atom is -0.497 e. The molecular weight excluding hydrogens is 598 g/mol. The molecule has 1 N–H and O–H groups in total. The van der Waals surface area contributed by atoms with Crippen LogP contribution >= 0.6 is 0 Å². The van der Waals surface area contributed by atoms with Crippen LogP contribution in [0.4, 0.5) is 13.6 Å². The molecule has 2 aromatic rings. The zero-order valence-corrected chi connectivity index (χ0v) is 27.3. The van der Waals surface area contributed by atoms with E-state index in [0.717, 1.165) is 12.8 Å². The summed E-state index contributed by atoms with van der Waals surface area (Å²) in [6.07, 6.45) is 3.00. The van der Waals surface area contributed by atoms with Gasteiger partial charge in [-0.3, -0.25) is 4.79 Å². The number of hydrogen-bond donors (Lipinski definition) is 1. The Morgan fingerprint density at radius 1 is 1.13 bits per heavy atom. The van der Waals surface area contributed by atoms with E-state index in [0.29, 0.717) is 43.2 Å². The minimum absolute atomic E-state index is 0.00441. The molecular formula is C34H44F2N4O6. The molecule has 3 fully saturated rings. The van der Waals surface area contributed by atoms with Crippen molar-refractivity contribution >= 4 is 29.3 Å². The molecule has 8 atom stereocenters. The number of nitrogens with zero attached hydrogens (tertiary/aromatic N) is 3. The predicted octanol–water partition coefficient (Wildman–Crippen LogP) is 5.65. The number of methoxy groups -OCH3 is 1. The van der Waals surface area contributed by atoms with E-state index in [1.54, 1.807) is 25.1 Å². The van der Waals surface area contributed by atoms with Gasteiger partial charge in [0.15, 0.2) is 5.69 Å². The van der Waals surface area contributed by atoms with Crippen molar-refractivity contribution in [2.45, 2.75) is 103 Å². The zero-order valence-electron chi connectivity index (χ0n) is 27.3. The van der Waals surface area contributed by atoms with E-state index in [2.05, 4.69) is 15.3 Å². The quantitative estimate of drug-likeness (QED) is 0.418. The summed E-state index contributed by atoms with van der Waals surface area (Å²) < 4.78 is 50.5. The van der Waals surface area contributed by atoms with Crippen molar-refractivity contribution in [2.75, 3.05) is 13.7 Å². The summed E-state index contributed by atoms with van der Waals surface area (Å²) in [4.78, 5) is 50.2. The highest BCUT2D eigenvalue weighted by molar-refractivity contribution is 5.89. The normalized spacial score (nSPS) is 34.6. The summed E-state index contributed by atoms with van der Waals surface area (Å²) in [6.45, 7) is 9.04. The molecule has 6 rings (SSSR count). The van der Waals surface area contributed by atoms with Crippen LogP contribution < -0.4 is 14.8 Å². The topological polar surface area (TPSA) is 120 Å². The van der Waals surface area contributed by atoms with Crippen molar-refractivity contribution in [3.8, 4) is 11.6 Å². The van der Waals surface area contributed by atoms with Crippen molar-refractivity contribution in [3.05, 3.63) is 23.9 Å². The number of alkyl carbamates (subject to hydrolysis) is 1. The van der Waals surface area contributed by atoms with E-state index < -0.39 is 64.7 Å². The molecule has 4 aliphatic rings. The molecule has 2 amide bonds. The second-order valence-electron chi connectivity index (χ2n) is 14.9. The highest BCUT2D eigenvalue weighted by Gasteiger charge is 2.59. The average Bonchev–Trinajstić information content (AvgIpc) is 3.61. The summed E-state index contributed by atoms with van der Waals surface area (Å²) in [5.74, 6) is -5.36. The number of nitrogens with one attached hydrogen (secondary N) is 1. The number of benzene rings is 1. The van der Waals surface area contributed by atoms with E-state index in [-0.39, 0.29) is 29.8 Å². The van der Waals surface area contributed by atoms with Gasteiger partial charge in [0.05, 0.1) is 30.7 Å². The molecule has 2 aliphatic carbocycles. The van der Waals surface area contributed by atoms with Crippen molar-refractivity contribution in [1.82, 2.24) is 20.2 Å². The Bertz CT molecular complexity index is 1530. The van der Waals surface area contributed by atoms with Gasteiger partial charge in [0.25, 0.3) is 5.92 Å². The summed E-state index contributed by atoms with van der Waals surface area (Å²) in [5, 5.41) is 2.82. The number of carbonyl (C=O) groups excluding carboxylic acids is 3. The standard InChI is InChI=1S/C34H44F2N4O6/c1-18-25(17-41)40-16-26(18)45-29-27(37-23-12-11-21(44-6)15-24(23)38-29)34(35,36)22-14-19(22)9-10-20-8-7-13-33(20,5)46-31(43)39-28(30(40)42)32(2,3)4/h11-12,15,17-20,22,25-26,28H,7-10,13-14,16H2,1-6H3,(H,39,43)/t18-,19?,20-,22?,25+,26-,28+,33+/m0/s1. The van der Waals surface area contributed by atoms with Crippen LogP contribution in [-0.4, -0.2) is 70.6 Å². The first-order valence-corrected chi connectivity index (χ1v) is 16.3. The van der Waals surface area contributed by atoms with Gasteiger partial charge in [-0.25, -0.2) is 14.8 Å². The van der Waals surface area contributed by atoms with Crippen molar-refractivity contribution in [3.63, 3.8) is 0 Å². The van der Waals surface area contributed by atoms with E-state index in [4.69, 9.17) is 14.2 Å². The Kier molecular flexibility index (Phi) is 8.16. The van der Waals surface area contributed by atoms with E-state index in [1.807, 2.05) is 27.7 Å². The minimum atomic E-state index is -3.33. The number of ether oxygens (including phenoxy) is 3.